The lowest BCUT2D eigenvalue weighted by Crippen LogP contribution is -2.08. The maximum absolute atomic E-state index is 12.5. The standard InChI is InChI=1S/C21H22O7/c1-13(22)21-19(26-11-24-2)8-14(9-20(21)27-12-25-3)18-10-16(23)15-6-4-5-7-17(15)28-18/h4-10,13,22H,11-12H2,1-3H3. The number of fused-ring (bicyclic) bond motifs is 1. The van der Waals surface area contributed by atoms with Crippen LogP contribution in [0.25, 0.3) is 22.3 Å². The number of para-hydroxylation sites is 1. The summed E-state index contributed by atoms with van der Waals surface area (Å²) < 4.78 is 27.1. The molecule has 0 saturated heterocycles. The highest BCUT2D eigenvalue weighted by Gasteiger charge is 2.20. The third kappa shape index (κ3) is 4.17. The molecule has 0 aliphatic carbocycles. The van der Waals surface area contributed by atoms with Crippen LogP contribution in [0.2, 0.25) is 0 Å². The molecule has 1 aromatic heterocycles. The molecular weight excluding hydrogens is 364 g/mol. The average molecular weight is 386 g/mol. The number of methoxy groups -OCH3 is 2. The summed E-state index contributed by atoms with van der Waals surface area (Å²) in [7, 11) is 2.99. The first kappa shape index (κ1) is 19.9. The molecule has 7 nitrogen and oxygen atoms in total. The predicted octanol–water partition coefficient (Wildman–Crippen LogP) is 3.48. The van der Waals surface area contributed by atoms with Crippen LogP contribution in [0, 0.1) is 0 Å². The van der Waals surface area contributed by atoms with Gasteiger partial charge in [-0.3, -0.25) is 4.79 Å². The van der Waals surface area contributed by atoms with Gasteiger partial charge in [-0.2, -0.15) is 0 Å². The largest absolute Gasteiger partial charge is 0.467 e. The van der Waals surface area contributed by atoms with E-state index in [1.165, 1.54) is 20.3 Å². The van der Waals surface area contributed by atoms with Crippen molar-refractivity contribution in [3.63, 3.8) is 0 Å². The molecule has 1 atom stereocenters. The van der Waals surface area contributed by atoms with E-state index < -0.39 is 6.10 Å². The van der Waals surface area contributed by atoms with E-state index >= 15 is 0 Å². The molecule has 0 radical (unpaired) electrons. The molecule has 1 unspecified atom stereocenters. The number of rotatable bonds is 8. The normalized spacial score (nSPS) is 12.1. The van der Waals surface area contributed by atoms with Gasteiger partial charge in [-0.25, -0.2) is 0 Å². The Morgan fingerprint density at radius 3 is 2.18 bits per heavy atom. The minimum absolute atomic E-state index is 0.0193. The molecule has 0 amide bonds. The molecule has 7 heteroatoms. The molecule has 1 heterocycles. The zero-order chi connectivity index (χ0) is 20.1. The van der Waals surface area contributed by atoms with E-state index in [-0.39, 0.29) is 19.0 Å². The van der Waals surface area contributed by atoms with E-state index in [0.29, 0.717) is 39.4 Å². The van der Waals surface area contributed by atoms with Crippen LogP contribution >= 0.6 is 0 Å². The molecule has 28 heavy (non-hydrogen) atoms. The summed E-state index contributed by atoms with van der Waals surface area (Å²) in [6.45, 7) is 1.56. The van der Waals surface area contributed by atoms with Gasteiger partial charge in [0, 0.05) is 25.8 Å². The Morgan fingerprint density at radius 1 is 1.00 bits per heavy atom. The fourth-order valence-corrected chi connectivity index (χ4v) is 2.88. The van der Waals surface area contributed by atoms with E-state index in [1.807, 2.05) is 0 Å². The zero-order valence-corrected chi connectivity index (χ0v) is 15.9. The lowest BCUT2D eigenvalue weighted by atomic mass is 10.0. The van der Waals surface area contributed by atoms with Gasteiger partial charge in [-0.05, 0) is 31.2 Å². The van der Waals surface area contributed by atoms with Gasteiger partial charge in [0.05, 0.1) is 17.1 Å². The maximum Gasteiger partial charge on any atom is 0.193 e. The van der Waals surface area contributed by atoms with Gasteiger partial charge in [-0.1, -0.05) is 12.1 Å². The summed E-state index contributed by atoms with van der Waals surface area (Å²) >= 11 is 0. The first-order valence-electron chi connectivity index (χ1n) is 8.68. The van der Waals surface area contributed by atoms with Gasteiger partial charge >= 0.3 is 0 Å². The van der Waals surface area contributed by atoms with Crippen molar-refractivity contribution in [3.8, 4) is 22.8 Å². The summed E-state index contributed by atoms with van der Waals surface area (Å²) in [5.41, 5.74) is 1.32. The molecule has 0 aliphatic heterocycles. The van der Waals surface area contributed by atoms with E-state index in [2.05, 4.69) is 0 Å². The van der Waals surface area contributed by atoms with Crippen molar-refractivity contribution >= 4 is 11.0 Å². The number of aliphatic hydroxyl groups is 1. The van der Waals surface area contributed by atoms with E-state index in [4.69, 9.17) is 23.4 Å². The van der Waals surface area contributed by atoms with Crippen molar-refractivity contribution in [3.05, 3.63) is 58.3 Å². The Bertz CT molecular complexity index is 978. The maximum atomic E-state index is 12.5. The molecule has 0 saturated carbocycles. The van der Waals surface area contributed by atoms with Crippen molar-refractivity contribution in [2.75, 3.05) is 27.8 Å². The molecule has 148 valence electrons. The minimum Gasteiger partial charge on any atom is -0.467 e. The second-order valence-corrected chi connectivity index (χ2v) is 6.13. The smallest absolute Gasteiger partial charge is 0.193 e. The van der Waals surface area contributed by atoms with Crippen molar-refractivity contribution in [1.29, 1.82) is 0 Å². The molecule has 0 spiro atoms. The highest BCUT2D eigenvalue weighted by atomic mass is 16.7. The molecule has 3 rings (SSSR count). The van der Waals surface area contributed by atoms with Gasteiger partial charge in [0.15, 0.2) is 19.0 Å². The van der Waals surface area contributed by atoms with Crippen LogP contribution in [0.5, 0.6) is 11.5 Å². The van der Waals surface area contributed by atoms with Crippen molar-refractivity contribution in [2.45, 2.75) is 13.0 Å². The zero-order valence-electron chi connectivity index (χ0n) is 15.9. The summed E-state index contributed by atoms with van der Waals surface area (Å²) in [6, 6.07) is 11.8. The van der Waals surface area contributed by atoms with Gasteiger partial charge in [0.25, 0.3) is 0 Å². The highest BCUT2D eigenvalue weighted by Crippen LogP contribution is 2.39. The number of aliphatic hydroxyl groups excluding tert-OH is 1. The van der Waals surface area contributed by atoms with Gasteiger partial charge in [0.1, 0.15) is 22.8 Å². The molecule has 0 aliphatic rings. The molecule has 0 bridgehead atoms. The van der Waals surface area contributed by atoms with E-state index in [9.17, 15) is 9.90 Å². The SMILES string of the molecule is COCOc1cc(-c2cc(=O)c3ccccc3o2)cc(OCOC)c1C(C)O. The summed E-state index contributed by atoms with van der Waals surface area (Å²) in [5, 5.41) is 10.7. The average Bonchev–Trinajstić information content (AvgIpc) is 2.69. The van der Waals surface area contributed by atoms with E-state index in [0.717, 1.165) is 0 Å². The molecule has 1 N–H and O–H groups in total. The second-order valence-electron chi connectivity index (χ2n) is 6.13. The summed E-state index contributed by atoms with van der Waals surface area (Å²) in [6.07, 6.45) is -0.864. The molecule has 0 fully saturated rings. The molecular formula is C21H22O7. The van der Waals surface area contributed by atoms with Gasteiger partial charge in [-0.15, -0.1) is 0 Å². The topological polar surface area (TPSA) is 87.4 Å². The third-order valence-electron chi connectivity index (χ3n) is 4.11. The number of ether oxygens (including phenoxy) is 4. The van der Waals surface area contributed by atoms with Gasteiger partial charge in [0.2, 0.25) is 0 Å². The quantitative estimate of drug-likeness (QED) is 0.593. The van der Waals surface area contributed by atoms with Gasteiger partial charge < -0.3 is 28.5 Å². The van der Waals surface area contributed by atoms with Crippen LogP contribution in [-0.2, 0) is 9.47 Å². The van der Waals surface area contributed by atoms with Crippen LogP contribution in [0.3, 0.4) is 0 Å². The fourth-order valence-electron chi connectivity index (χ4n) is 2.88. The number of hydrogen-bond acceptors (Lipinski definition) is 7. The Morgan fingerprint density at radius 2 is 1.61 bits per heavy atom. The predicted molar refractivity (Wildman–Crippen MR) is 104 cm³/mol. The Hall–Kier alpha value is -2.87. The summed E-state index contributed by atoms with van der Waals surface area (Å²) in [4.78, 5) is 12.5. The second kappa shape index (κ2) is 8.88. The van der Waals surface area contributed by atoms with Crippen molar-refractivity contribution in [2.24, 2.45) is 0 Å². The first-order valence-corrected chi connectivity index (χ1v) is 8.68. The Kier molecular flexibility index (Phi) is 6.30. The first-order chi connectivity index (χ1) is 13.5. The molecule has 3 aromatic rings. The monoisotopic (exact) mass is 386 g/mol. The van der Waals surface area contributed by atoms with Crippen molar-refractivity contribution < 1.29 is 28.5 Å². The van der Waals surface area contributed by atoms with E-state index in [1.54, 1.807) is 43.3 Å². The van der Waals surface area contributed by atoms with Crippen LogP contribution in [-0.4, -0.2) is 32.9 Å². The lowest BCUT2D eigenvalue weighted by molar-refractivity contribution is 0.0409. The van der Waals surface area contributed by atoms with Crippen LogP contribution in [0.4, 0.5) is 0 Å². The number of benzene rings is 2. The Balaban J connectivity index is 2.18. The van der Waals surface area contributed by atoms with Crippen LogP contribution < -0.4 is 14.9 Å². The minimum atomic E-state index is -0.864. The third-order valence-corrected chi connectivity index (χ3v) is 4.11. The fraction of sp³-hybridized carbons (Fsp3) is 0.286. The lowest BCUT2D eigenvalue weighted by Gasteiger charge is -2.19. The number of hydrogen-bond donors (Lipinski definition) is 1. The highest BCUT2D eigenvalue weighted by molar-refractivity contribution is 5.79. The van der Waals surface area contributed by atoms with Crippen LogP contribution in [0.15, 0.2) is 51.7 Å². The van der Waals surface area contributed by atoms with Crippen LogP contribution in [0.1, 0.15) is 18.6 Å². The summed E-state index contributed by atoms with van der Waals surface area (Å²) in [5.74, 6) is 1.07. The molecule has 2 aromatic carbocycles. The van der Waals surface area contributed by atoms with Crippen molar-refractivity contribution in [1.82, 2.24) is 0 Å². The Labute approximate surface area is 162 Å².